The number of hydrogen-bond donors (Lipinski definition) is 1. The number of rotatable bonds is 6. The maximum Gasteiger partial charge on any atom is 0.148 e. The molecule has 4 nitrogen and oxygen atoms in total. The molecule has 1 aromatic heterocycles. The van der Waals surface area contributed by atoms with Gasteiger partial charge < -0.3 is 14.6 Å². The first-order chi connectivity index (χ1) is 10.1. The van der Waals surface area contributed by atoms with E-state index in [9.17, 15) is 0 Å². The molecule has 2 aromatic rings. The van der Waals surface area contributed by atoms with E-state index in [2.05, 4.69) is 32.3 Å². The number of nitrogens with zero attached hydrogens (tertiary/aromatic N) is 1. The molecule has 0 aliphatic heterocycles. The topological polar surface area (TPSA) is 47.3 Å². The van der Waals surface area contributed by atoms with Gasteiger partial charge in [0.2, 0.25) is 0 Å². The number of ether oxygens (including phenoxy) is 1. The van der Waals surface area contributed by atoms with Gasteiger partial charge in [-0.3, -0.25) is 0 Å². The van der Waals surface area contributed by atoms with Crippen LogP contribution in [-0.2, 0) is 13.1 Å². The molecular formula is C16H17BrN2O2. The number of hydrogen-bond acceptors (Lipinski definition) is 4. The summed E-state index contributed by atoms with van der Waals surface area (Å²) in [5, 5.41) is 7.32. The smallest absolute Gasteiger partial charge is 0.148 e. The predicted octanol–water partition coefficient (Wildman–Crippen LogP) is 3.36. The number of aromatic nitrogens is 1. The number of halogens is 1. The highest BCUT2D eigenvalue weighted by molar-refractivity contribution is 9.10. The Morgan fingerprint density at radius 2 is 2.19 bits per heavy atom. The molecule has 1 heterocycles. The summed E-state index contributed by atoms with van der Waals surface area (Å²) in [6.45, 7) is 5.48. The molecule has 0 spiro atoms. The highest BCUT2D eigenvalue weighted by atomic mass is 79.9. The quantitative estimate of drug-likeness (QED) is 0.813. The van der Waals surface area contributed by atoms with Crippen LogP contribution in [0.5, 0.6) is 5.75 Å². The third kappa shape index (κ3) is 4.10. The number of aryl methyl sites for hydroxylation is 2. The van der Waals surface area contributed by atoms with Crippen LogP contribution in [0.15, 0.2) is 27.2 Å². The zero-order valence-electron chi connectivity index (χ0n) is 12.1. The molecular weight excluding hydrogens is 332 g/mol. The monoisotopic (exact) mass is 348 g/mol. The van der Waals surface area contributed by atoms with Crippen LogP contribution in [0, 0.1) is 26.2 Å². The van der Waals surface area contributed by atoms with Crippen molar-refractivity contribution in [3.05, 3.63) is 45.3 Å². The summed E-state index contributed by atoms with van der Waals surface area (Å²) in [6, 6.07) is 5.87. The lowest BCUT2D eigenvalue weighted by molar-refractivity contribution is 0.364. The Kier molecular flexibility index (Phi) is 5.43. The van der Waals surface area contributed by atoms with Gasteiger partial charge in [0.05, 0.1) is 5.69 Å². The third-order valence-electron chi connectivity index (χ3n) is 3.13. The van der Waals surface area contributed by atoms with Gasteiger partial charge in [0.25, 0.3) is 0 Å². The molecule has 0 amide bonds. The van der Waals surface area contributed by atoms with Gasteiger partial charge in [0, 0.05) is 28.7 Å². The fourth-order valence-electron chi connectivity index (χ4n) is 2.02. The van der Waals surface area contributed by atoms with Crippen LogP contribution < -0.4 is 10.1 Å². The minimum atomic E-state index is 0.262. The van der Waals surface area contributed by atoms with Crippen LogP contribution in [0.25, 0.3) is 0 Å². The molecule has 0 saturated heterocycles. The molecule has 0 unspecified atom stereocenters. The summed E-state index contributed by atoms with van der Waals surface area (Å²) in [5.41, 5.74) is 3.06. The lowest BCUT2D eigenvalue weighted by atomic mass is 10.1. The van der Waals surface area contributed by atoms with Crippen molar-refractivity contribution >= 4 is 15.9 Å². The number of benzene rings is 1. The molecule has 5 heteroatoms. The second-order valence-corrected chi connectivity index (χ2v) is 5.57. The van der Waals surface area contributed by atoms with Crippen molar-refractivity contribution in [1.29, 1.82) is 0 Å². The van der Waals surface area contributed by atoms with E-state index in [1.54, 1.807) is 0 Å². The summed E-state index contributed by atoms with van der Waals surface area (Å²) in [6.07, 6.45) is 5.24. The van der Waals surface area contributed by atoms with E-state index in [4.69, 9.17) is 15.7 Å². The van der Waals surface area contributed by atoms with Crippen molar-refractivity contribution in [2.75, 3.05) is 6.61 Å². The van der Waals surface area contributed by atoms with Crippen molar-refractivity contribution in [3.8, 4) is 18.1 Å². The molecule has 1 N–H and O–H groups in total. The van der Waals surface area contributed by atoms with Crippen molar-refractivity contribution in [2.45, 2.75) is 26.9 Å². The first-order valence-electron chi connectivity index (χ1n) is 6.59. The first-order valence-corrected chi connectivity index (χ1v) is 7.38. The lowest BCUT2D eigenvalue weighted by Gasteiger charge is -2.11. The molecule has 0 bridgehead atoms. The number of terminal acetylenes is 1. The highest BCUT2D eigenvalue weighted by Crippen LogP contribution is 2.23. The fraction of sp³-hybridized carbons (Fsp3) is 0.312. The molecule has 0 atom stereocenters. The van der Waals surface area contributed by atoms with E-state index in [0.717, 1.165) is 32.8 Å². The van der Waals surface area contributed by atoms with Gasteiger partial charge in [-0.2, -0.15) is 0 Å². The van der Waals surface area contributed by atoms with Gasteiger partial charge in [-0.15, -0.1) is 6.42 Å². The van der Waals surface area contributed by atoms with Crippen LogP contribution >= 0.6 is 15.9 Å². The molecule has 2 rings (SSSR count). The summed E-state index contributed by atoms with van der Waals surface area (Å²) < 4.78 is 11.7. The van der Waals surface area contributed by atoms with Crippen LogP contribution in [0.1, 0.15) is 22.6 Å². The predicted molar refractivity (Wildman–Crippen MR) is 85.0 cm³/mol. The summed E-state index contributed by atoms with van der Waals surface area (Å²) in [4.78, 5) is 0. The summed E-state index contributed by atoms with van der Waals surface area (Å²) in [5.74, 6) is 4.12. The molecule has 0 saturated carbocycles. The molecule has 110 valence electrons. The number of nitrogens with one attached hydrogen (secondary N) is 1. The summed E-state index contributed by atoms with van der Waals surface area (Å²) in [7, 11) is 0. The van der Waals surface area contributed by atoms with E-state index in [1.165, 1.54) is 0 Å². The van der Waals surface area contributed by atoms with Crippen molar-refractivity contribution < 1.29 is 9.26 Å². The van der Waals surface area contributed by atoms with Gasteiger partial charge in [-0.25, -0.2) is 0 Å². The van der Waals surface area contributed by atoms with Crippen LogP contribution in [0.2, 0.25) is 0 Å². The Morgan fingerprint density at radius 3 is 2.86 bits per heavy atom. The van der Waals surface area contributed by atoms with E-state index in [0.29, 0.717) is 13.1 Å². The van der Waals surface area contributed by atoms with Gasteiger partial charge in [-0.05, 0) is 32.0 Å². The Bertz CT molecular complexity index is 639. The van der Waals surface area contributed by atoms with E-state index in [-0.39, 0.29) is 6.61 Å². The second kappa shape index (κ2) is 7.30. The lowest BCUT2D eigenvalue weighted by Crippen LogP contribution is -2.14. The van der Waals surface area contributed by atoms with E-state index >= 15 is 0 Å². The maximum atomic E-state index is 5.55. The molecule has 1 aromatic carbocycles. The molecule has 0 fully saturated rings. The Morgan fingerprint density at radius 1 is 1.38 bits per heavy atom. The maximum absolute atomic E-state index is 5.55. The minimum absolute atomic E-state index is 0.262. The molecule has 0 radical (unpaired) electrons. The summed E-state index contributed by atoms with van der Waals surface area (Å²) >= 11 is 3.47. The van der Waals surface area contributed by atoms with E-state index < -0.39 is 0 Å². The minimum Gasteiger partial charge on any atom is -0.481 e. The molecule has 0 aliphatic carbocycles. The van der Waals surface area contributed by atoms with Crippen molar-refractivity contribution in [3.63, 3.8) is 0 Å². The van der Waals surface area contributed by atoms with Crippen LogP contribution in [0.3, 0.4) is 0 Å². The van der Waals surface area contributed by atoms with Crippen molar-refractivity contribution in [2.24, 2.45) is 0 Å². The van der Waals surface area contributed by atoms with Crippen LogP contribution in [-0.4, -0.2) is 11.8 Å². The van der Waals surface area contributed by atoms with Crippen molar-refractivity contribution in [1.82, 2.24) is 10.5 Å². The Balaban J connectivity index is 2.02. The van der Waals surface area contributed by atoms with Crippen LogP contribution in [0.4, 0.5) is 0 Å². The molecule has 21 heavy (non-hydrogen) atoms. The van der Waals surface area contributed by atoms with Gasteiger partial charge in [-0.1, -0.05) is 27.0 Å². The highest BCUT2D eigenvalue weighted by Gasteiger charge is 2.09. The Labute approximate surface area is 133 Å². The normalized spacial score (nSPS) is 10.4. The average Bonchev–Trinajstić information content (AvgIpc) is 2.78. The van der Waals surface area contributed by atoms with Gasteiger partial charge >= 0.3 is 0 Å². The Hall–Kier alpha value is -1.77. The largest absolute Gasteiger partial charge is 0.481 e. The van der Waals surface area contributed by atoms with Gasteiger partial charge in [0.1, 0.15) is 18.1 Å². The van der Waals surface area contributed by atoms with Gasteiger partial charge in [0.15, 0.2) is 0 Å². The molecule has 0 aliphatic rings. The standard InChI is InChI=1S/C16H17BrN2O2/c1-4-7-20-16-6-5-14(17)8-13(16)9-18-10-15-11(2)19-21-12(15)3/h1,5-6,8,18H,7,9-10H2,2-3H3. The second-order valence-electron chi connectivity index (χ2n) is 4.65. The zero-order valence-corrected chi connectivity index (χ0v) is 13.7. The SMILES string of the molecule is C#CCOc1ccc(Br)cc1CNCc1c(C)noc1C. The first kappa shape index (κ1) is 15.6. The fourth-order valence-corrected chi connectivity index (χ4v) is 2.43. The van der Waals surface area contributed by atoms with E-state index in [1.807, 2.05) is 32.0 Å². The third-order valence-corrected chi connectivity index (χ3v) is 3.63. The average molecular weight is 349 g/mol. The zero-order chi connectivity index (χ0) is 15.2.